The van der Waals surface area contributed by atoms with Crippen molar-refractivity contribution in [3.63, 3.8) is 0 Å². The first-order chi connectivity index (χ1) is 9.52. The molecule has 1 saturated heterocycles. The molecule has 1 aromatic rings. The van der Waals surface area contributed by atoms with Crippen LogP contribution in [-0.4, -0.2) is 37.6 Å². The molecular weight excluding hydrogens is 252 g/mol. The molecule has 1 aliphatic rings. The number of aryl methyl sites for hydroxylation is 2. The van der Waals surface area contributed by atoms with E-state index in [-0.39, 0.29) is 11.9 Å². The van der Waals surface area contributed by atoms with Crippen molar-refractivity contribution in [1.82, 2.24) is 10.2 Å². The number of methoxy groups -OCH3 is 1. The monoisotopic (exact) mass is 276 g/mol. The van der Waals surface area contributed by atoms with E-state index < -0.39 is 0 Å². The second-order valence-corrected chi connectivity index (χ2v) is 5.61. The zero-order chi connectivity index (χ0) is 14.7. The summed E-state index contributed by atoms with van der Waals surface area (Å²) >= 11 is 0. The second-order valence-electron chi connectivity index (χ2n) is 5.61. The molecule has 20 heavy (non-hydrogen) atoms. The summed E-state index contributed by atoms with van der Waals surface area (Å²) in [6.45, 7) is 5.67. The largest absolute Gasteiger partial charge is 0.496 e. The van der Waals surface area contributed by atoms with Crippen molar-refractivity contribution in [2.75, 3.05) is 20.7 Å². The van der Waals surface area contributed by atoms with Crippen LogP contribution in [0, 0.1) is 13.8 Å². The Balaban J connectivity index is 2.07. The number of ether oxygens (including phenoxy) is 1. The predicted octanol–water partition coefficient (Wildman–Crippen LogP) is 2.02. The molecule has 1 N–H and O–H groups in total. The Kier molecular flexibility index (Phi) is 4.65. The van der Waals surface area contributed by atoms with E-state index in [0.29, 0.717) is 6.54 Å². The molecule has 0 unspecified atom stereocenters. The molecule has 0 aromatic heterocycles. The molecule has 4 heteroatoms. The van der Waals surface area contributed by atoms with Gasteiger partial charge in [-0.1, -0.05) is 12.1 Å². The van der Waals surface area contributed by atoms with Crippen molar-refractivity contribution in [3.05, 3.63) is 28.8 Å². The van der Waals surface area contributed by atoms with Gasteiger partial charge >= 0.3 is 0 Å². The summed E-state index contributed by atoms with van der Waals surface area (Å²) in [6.07, 6.45) is 2.04. The first-order valence-electron chi connectivity index (χ1n) is 7.15. The quantitative estimate of drug-likeness (QED) is 0.915. The number of likely N-dealkylation sites (N-methyl/N-ethyl adjacent to an activating group) is 1. The van der Waals surface area contributed by atoms with Crippen LogP contribution in [0.3, 0.4) is 0 Å². The Bertz CT molecular complexity index is 470. The van der Waals surface area contributed by atoms with Crippen LogP contribution in [0.25, 0.3) is 0 Å². The van der Waals surface area contributed by atoms with E-state index in [1.165, 1.54) is 0 Å². The predicted molar refractivity (Wildman–Crippen MR) is 80.0 cm³/mol. The zero-order valence-electron chi connectivity index (χ0n) is 12.8. The van der Waals surface area contributed by atoms with Crippen LogP contribution in [0.5, 0.6) is 5.75 Å². The maximum Gasteiger partial charge on any atom is 0.239 e. The number of amides is 1. The van der Waals surface area contributed by atoms with Gasteiger partial charge in [0.15, 0.2) is 0 Å². The van der Waals surface area contributed by atoms with Gasteiger partial charge in [-0.25, -0.2) is 0 Å². The summed E-state index contributed by atoms with van der Waals surface area (Å²) in [5.74, 6) is 1.12. The Morgan fingerprint density at radius 2 is 2.05 bits per heavy atom. The van der Waals surface area contributed by atoms with Gasteiger partial charge in [-0.15, -0.1) is 0 Å². The summed E-state index contributed by atoms with van der Waals surface area (Å²) in [6, 6.07) is 4.19. The van der Waals surface area contributed by atoms with Gasteiger partial charge in [-0.05, 0) is 49.9 Å². The molecule has 4 nitrogen and oxygen atoms in total. The maximum absolute atomic E-state index is 12.3. The fourth-order valence-electron chi connectivity index (χ4n) is 2.97. The molecule has 0 radical (unpaired) electrons. The van der Waals surface area contributed by atoms with E-state index >= 15 is 0 Å². The molecule has 1 aromatic carbocycles. The lowest BCUT2D eigenvalue weighted by Gasteiger charge is -2.22. The van der Waals surface area contributed by atoms with Crippen molar-refractivity contribution in [3.8, 4) is 5.75 Å². The Hall–Kier alpha value is -1.55. The standard InChI is InChI=1S/C16H24N2O2/c1-11-8-13(9-12(2)15(11)20-4)10-18(3)16(19)14-6-5-7-17-14/h8-9,14,17H,5-7,10H2,1-4H3/t14-/m0/s1. The van der Waals surface area contributed by atoms with Crippen LogP contribution < -0.4 is 10.1 Å². The highest BCUT2D eigenvalue weighted by molar-refractivity contribution is 5.81. The molecular formula is C16H24N2O2. The first kappa shape index (κ1) is 14.9. The third-order valence-electron chi connectivity index (χ3n) is 3.88. The van der Waals surface area contributed by atoms with Crippen LogP contribution in [0.2, 0.25) is 0 Å². The highest BCUT2D eigenvalue weighted by Crippen LogP contribution is 2.25. The fraction of sp³-hybridized carbons (Fsp3) is 0.562. The average molecular weight is 276 g/mol. The molecule has 1 amide bonds. The lowest BCUT2D eigenvalue weighted by atomic mass is 10.0. The summed E-state index contributed by atoms with van der Waals surface area (Å²) in [5.41, 5.74) is 3.37. The molecule has 0 bridgehead atoms. The van der Waals surface area contributed by atoms with Gasteiger partial charge in [-0.2, -0.15) is 0 Å². The van der Waals surface area contributed by atoms with Crippen LogP contribution in [-0.2, 0) is 11.3 Å². The van der Waals surface area contributed by atoms with Crippen molar-refractivity contribution < 1.29 is 9.53 Å². The van der Waals surface area contributed by atoms with E-state index in [9.17, 15) is 4.79 Å². The number of nitrogens with zero attached hydrogens (tertiary/aromatic N) is 1. The normalized spacial score (nSPS) is 18.1. The maximum atomic E-state index is 12.3. The number of nitrogens with one attached hydrogen (secondary N) is 1. The number of benzene rings is 1. The van der Waals surface area contributed by atoms with Crippen molar-refractivity contribution in [1.29, 1.82) is 0 Å². The molecule has 1 atom stereocenters. The third-order valence-corrected chi connectivity index (χ3v) is 3.88. The highest BCUT2D eigenvalue weighted by atomic mass is 16.5. The molecule has 1 fully saturated rings. The number of carbonyl (C=O) groups is 1. The second kappa shape index (κ2) is 6.27. The molecule has 0 aliphatic carbocycles. The van der Waals surface area contributed by atoms with Gasteiger partial charge in [0.2, 0.25) is 5.91 Å². The van der Waals surface area contributed by atoms with E-state index in [4.69, 9.17) is 4.74 Å². The van der Waals surface area contributed by atoms with E-state index in [1.54, 1.807) is 7.11 Å². The Labute approximate surface area is 121 Å². The van der Waals surface area contributed by atoms with Crippen LogP contribution in [0.1, 0.15) is 29.5 Å². The number of hydrogen-bond donors (Lipinski definition) is 1. The third kappa shape index (κ3) is 3.12. The van der Waals surface area contributed by atoms with Gasteiger partial charge in [-0.3, -0.25) is 4.79 Å². The number of hydrogen-bond acceptors (Lipinski definition) is 3. The van der Waals surface area contributed by atoms with Gasteiger partial charge in [0.05, 0.1) is 13.2 Å². The van der Waals surface area contributed by atoms with Gasteiger partial charge in [0.1, 0.15) is 5.75 Å². The molecule has 0 saturated carbocycles. The molecule has 1 heterocycles. The topological polar surface area (TPSA) is 41.6 Å². The summed E-state index contributed by atoms with van der Waals surface area (Å²) in [5, 5.41) is 3.25. The lowest BCUT2D eigenvalue weighted by Crippen LogP contribution is -2.41. The summed E-state index contributed by atoms with van der Waals surface area (Å²) in [7, 11) is 3.56. The smallest absolute Gasteiger partial charge is 0.239 e. The van der Waals surface area contributed by atoms with Gasteiger partial charge < -0.3 is 15.0 Å². The Morgan fingerprint density at radius 3 is 2.55 bits per heavy atom. The van der Waals surface area contributed by atoms with E-state index in [0.717, 1.165) is 41.8 Å². The SMILES string of the molecule is COc1c(C)cc(CN(C)C(=O)[C@@H]2CCCN2)cc1C. The minimum Gasteiger partial charge on any atom is -0.496 e. The van der Waals surface area contributed by atoms with Crippen molar-refractivity contribution >= 4 is 5.91 Å². The average Bonchev–Trinajstić information content (AvgIpc) is 2.91. The lowest BCUT2D eigenvalue weighted by molar-refractivity contribution is -0.132. The first-order valence-corrected chi connectivity index (χ1v) is 7.15. The minimum absolute atomic E-state index is 0.000409. The molecule has 1 aliphatic heterocycles. The van der Waals surface area contributed by atoms with Crippen molar-refractivity contribution in [2.45, 2.75) is 39.3 Å². The molecule has 0 spiro atoms. The molecule has 110 valence electrons. The van der Waals surface area contributed by atoms with E-state index in [2.05, 4.69) is 17.4 Å². The van der Waals surface area contributed by atoms with Crippen LogP contribution in [0.15, 0.2) is 12.1 Å². The number of carbonyl (C=O) groups excluding carboxylic acids is 1. The highest BCUT2D eigenvalue weighted by Gasteiger charge is 2.25. The zero-order valence-corrected chi connectivity index (χ0v) is 12.8. The summed E-state index contributed by atoms with van der Waals surface area (Å²) in [4.78, 5) is 14.1. The van der Waals surface area contributed by atoms with Crippen LogP contribution >= 0.6 is 0 Å². The van der Waals surface area contributed by atoms with Crippen LogP contribution in [0.4, 0.5) is 0 Å². The van der Waals surface area contributed by atoms with Gasteiger partial charge in [0.25, 0.3) is 0 Å². The minimum atomic E-state index is 0.000409. The summed E-state index contributed by atoms with van der Waals surface area (Å²) < 4.78 is 5.37. The number of rotatable bonds is 4. The Morgan fingerprint density at radius 1 is 1.40 bits per heavy atom. The van der Waals surface area contributed by atoms with Crippen molar-refractivity contribution in [2.24, 2.45) is 0 Å². The molecule has 2 rings (SSSR count). The van der Waals surface area contributed by atoms with Gasteiger partial charge in [0, 0.05) is 13.6 Å². The fourth-order valence-corrected chi connectivity index (χ4v) is 2.97. The van der Waals surface area contributed by atoms with E-state index in [1.807, 2.05) is 25.8 Å².